The first-order chi connectivity index (χ1) is 12.9. The summed E-state index contributed by atoms with van der Waals surface area (Å²) in [5, 5.41) is 0.635. The second-order valence-corrected chi connectivity index (χ2v) is 8.20. The summed E-state index contributed by atoms with van der Waals surface area (Å²) in [6.07, 6.45) is 1.94. The van der Waals surface area contributed by atoms with Crippen molar-refractivity contribution in [3.8, 4) is 0 Å². The highest BCUT2D eigenvalue weighted by atomic mass is 35.5. The fourth-order valence-electron chi connectivity index (χ4n) is 3.66. The largest absolute Gasteiger partial charge is 0.466 e. The molecule has 1 fully saturated rings. The number of halogens is 1. The van der Waals surface area contributed by atoms with Crippen LogP contribution in [0.3, 0.4) is 0 Å². The van der Waals surface area contributed by atoms with Gasteiger partial charge in [-0.1, -0.05) is 23.7 Å². The van der Waals surface area contributed by atoms with Crippen LogP contribution in [0.15, 0.2) is 29.8 Å². The lowest BCUT2D eigenvalue weighted by molar-refractivity contribution is -0.158. The molecular weight excluding hydrogens is 384 g/mol. The van der Waals surface area contributed by atoms with Crippen LogP contribution in [0.25, 0.3) is 0 Å². The molecule has 2 aromatic rings. The van der Waals surface area contributed by atoms with Gasteiger partial charge in [-0.05, 0) is 50.8 Å². The summed E-state index contributed by atoms with van der Waals surface area (Å²) in [6, 6.07) is 7.52. The van der Waals surface area contributed by atoms with E-state index in [4.69, 9.17) is 16.3 Å². The van der Waals surface area contributed by atoms with Crippen LogP contribution in [0.2, 0.25) is 5.02 Å². The normalized spacial score (nSPS) is 19.7. The smallest absolute Gasteiger partial charge is 0.314 e. The van der Waals surface area contributed by atoms with E-state index in [1.165, 1.54) is 11.3 Å². The van der Waals surface area contributed by atoms with Gasteiger partial charge in [0.2, 0.25) is 0 Å². The Kier molecular flexibility index (Phi) is 6.17. The number of carbonyl (C=O) groups excluding carboxylic acids is 2. The maximum Gasteiger partial charge on any atom is 0.314 e. The Morgan fingerprint density at radius 1 is 1.41 bits per heavy atom. The van der Waals surface area contributed by atoms with Gasteiger partial charge in [0.05, 0.1) is 23.2 Å². The maximum absolute atomic E-state index is 13.0. The van der Waals surface area contributed by atoms with Crippen molar-refractivity contribution < 1.29 is 14.3 Å². The van der Waals surface area contributed by atoms with Gasteiger partial charge in [-0.25, -0.2) is 4.98 Å². The third-order valence-electron chi connectivity index (χ3n) is 4.94. The lowest BCUT2D eigenvalue weighted by atomic mass is 9.75. The zero-order valence-corrected chi connectivity index (χ0v) is 17.1. The SMILES string of the molecule is CCOC(=O)C1(Cc2cccc(Cl)c2)CCCN(C(=O)c2scnc2C)C1. The maximum atomic E-state index is 13.0. The minimum atomic E-state index is -0.757. The lowest BCUT2D eigenvalue weighted by Crippen LogP contribution is -2.51. The Labute approximate surface area is 168 Å². The van der Waals surface area contributed by atoms with Crippen LogP contribution >= 0.6 is 22.9 Å². The van der Waals surface area contributed by atoms with E-state index in [2.05, 4.69) is 4.98 Å². The monoisotopic (exact) mass is 406 g/mol. The average molecular weight is 407 g/mol. The first-order valence-electron chi connectivity index (χ1n) is 9.06. The molecule has 0 radical (unpaired) electrons. The molecule has 2 heterocycles. The quantitative estimate of drug-likeness (QED) is 0.700. The van der Waals surface area contributed by atoms with E-state index in [-0.39, 0.29) is 11.9 Å². The highest BCUT2D eigenvalue weighted by Gasteiger charge is 2.45. The molecule has 5 nitrogen and oxygen atoms in total. The van der Waals surface area contributed by atoms with Gasteiger partial charge in [-0.3, -0.25) is 9.59 Å². The predicted molar refractivity (Wildman–Crippen MR) is 106 cm³/mol. The Morgan fingerprint density at radius 2 is 2.22 bits per heavy atom. The average Bonchev–Trinajstić information content (AvgIpc) is 3.07. The van der Waals surface area contributed by atoms with E-state index < -0.39 is 5.41 Å². The molecule has 27 heavy (non-hydrogen) atoms. The fourth-order valence-corrected chi connectivity index (χ4v) is 4.64. The van der Waals surface area contributed by atoms with Gasteiger partial charge in [-0.2, -0.15) is 0 Å². The van der Waals surface area contributed by atoms with Crippen LogP contribution in [0, 0.1) is 12.3 Å². The Hall–Kier alpha value is -1.92. The summed E-state index contributed by atoms with van der Waals surface area (Å²) in [6.45, 7) is 4.93. The van der Waals surface area contributed by atoms with Gasteiger partial charge in [0.15, 0.2) is 0 Å². The number of benzene rings is 1. The number of nitrogens with zero attached hydrogens (tertiary/aromatic N) is 2. The van der Waals surface area contributed by atoms with Crippen LogP contribution in [0.1, 0.15) is 40.7 Å². The molecule has 0 bridgehead atoms. The third kappa shape index (κ3) is 4.33. The third-order valence-corrected chi connectivity index (χ3v) is 6.10. The van der Waals surface area contributed by atoms with Gasteiger partial charge < -0.3 is 9.64 Å². The first kappa shape index (κ1) is 19.8. The van der Waals surface area contributed by atoms with Crippen LogP contribution in [-0.2, 0) is 16.0 Å². The molecule has 3 rings (SSSR count). The van der Waals surface area contributed by atoms with E-state index >= 15 is 0 Å². The molecule has 0 spiro atoms. The molecule has 1 aliphatic rings. The molecule has 1 saturated heterocycles. The van der Waals surface area contributed by atoms with Crippen molar-refractivity contribution in [2.24, 2.45) is 5.41 Å². The van der Waals surface area contributed by atoms with Gasteiger partial charge >= 0.3 is 5.97 Å². The number of hydrogen-bond acceptors (Lipinski definition) is 5. The van der Waals surface area contributed by atoms with Gasteiger partial charge in [0.1, 0.15) is 4.88 Å². The molecule has 1 aliphatic heterocycles. The predicted octanol–water partition coefficient (Wildman–Crippen LogP) is 4.13. The van der Waals surface area contributed by atoms with Crippen LogP contribution < -0.4 is 0 Å². The number of amides is 1. The lowest BCUT2D eigenvalue weighted by Gasteiger charge is -2.41. The standard InChI is InChI=1S/C20H23ClN2O3S/c1-3-26-19(25)20(11-15-6-4-7-16(21)10-15)8-5-9-23(12-20)18(24)17-14(2)22-13-27-17/h4,6-7,10,13H,3,5,8-9,11-12H2,1-2H3. The highest BCUT2D eigenvalue weighted by Crippen LogP contribution is 2.36. The number of aryl methyl sites for hydroxylation is 1. The summed E-state index contributed by atoms with van der Waals surface area (Å²) in [5.74, 6) is -0.307. The van der Waals surface area contributed by atoms with Crippen molar-refractivity contribution in [2.75, 3.05) is 19.7 Å². The number of hydrogen-bond donors (Lipinski definition) is 0. The van der Waals surface area contributed by atoms with Crippen LogP contribution in [-0.4, -0.2) is 41.5 Å². The number of piperidine rings is 1. The van der Waals surface area contributed by atoms with Crippen molar-refractivity contribution in [1.82, 2.24) is 9.88 Å². The van der Waals surface area contributed by atoms with Crippen molar-refractivity contribution in [3.05, 3.63) is 50.9 Å². The zero-order chi connectivity index (χ0) is 19.4. The minimum absolute atomic E-state index is 0.0607. The van der Waals surface area contributed by atoms with Crippen LogP contribution in [0.4, 0.5) is 0 Å². The van der Waals surface area contributed by atoms with E-state index in [0.717, 1.165) is 17.7 Å². The number of carbonyl (C=O) groups is 2. The molecule has 1 unspecified atom stereocenters. The van der Waals surface area contributed by atoms with Crippen molar-refractivity contribution in [2.45, 2.75) is 33.1 Å². The minimum Gasteiger partial charge on any atom is -0.466 e. The Morgan fingerprint density at radius 3 is 2.89 bits per heavy atom. The number of likely N-dealkylation sites (tertiary alicyclic amines) is 1. The number of aromatic nitrogens is 1. The first-order valence-corrected chi connectivity index (χ1v) is 10.3. The summed E-state index contributed by atoms with van der Waals surface area (Å²) < 4.78 is 5.41. The van der Waals surface area contributed by atoms with E-state index in [1.807, 2.05) is 31.2 Å². The van der Waals surface area contributed by atoms with E-state index in [9.17, 15) is 9.59 Å². The number of rotatable bonds is 5. The zero-order valence-electron chi connectivity index (χ0n) is 15.5. The second-order valence-electron chi connectivity index (χ2n) is 6.90. The van der Waals surface area contributed by atoms with E-state index in [1.54, 1.807) is 17.3 Å². The second kappa shape index (κ2) is 8.40. The molecular formula is C20H23ClN2O3S. The fraction of sp³-hybridized carbons (Fsp3) is 0.450. The molecule has 7 heteroatoms. The number of ether oxygens (including phenoxy) is 1. The molecule has 1 atom stereocenters. The molecule has 0 aliphatic carbocycles. The summed E-state index contributed by atoms with van der Waals surface area (Å²) in [5.41, 5.74) is 2.62. The van der Waals surface area contributed by atoms with Crippen molar-refractivity contribution in [1.29, 1.82) is 0 Å². The molecule has 0 N–H and O–H groups in total. The van der Waals surface area contributed by atoms with Crippen molar-refractivity contribution in [3.63, 3.8) is 0 Å². The highest BCUT2D eigenvalue weighted by molar-refractivity contribution is 7.11. The summed E-state index contributed by atoms with van der Waals surface area (Å²) in [4.78, 5) is 32.5. The Bertz CT molecular complexity index is 838. The number of esters is 1. The summed E-state index contributed by atoms with van der Waals surface area (Å²) in [7, 11) is 0. The molecule has 1 aromatic carbocycles. The topological polar surface area (TPSA) is 59.5 Å². The van der Waals surface area contributed by atoms with E-state index in [0.29, 0.717) is 42.4 Å². The molecule has 1 amide bonds. The van der Waals surface area contributed by atoms with Gasteiger partial charge in [0.25, 0.3) is 5.91 Å². The van der Waals surface area contributed by atoms with Crippen molar-refractivity contribution >= 4 is 34.8 Å². The van der Waals surface area contributed by atoms with Gasteiger partial charge in [-0.15, -0.1) is 11.3 Å². The van der Waals surface area contributed by atoms with Gasteiger partial charge in [0, 0.05) is 18.1 Å². The molecule has 0 saturated carbocycles. The molecule has 1 aromatic heterocycles. The number of thiazole rings is 1. The molecule has 144 valence electrons. The van der Waals surface area contributed by atoms with Crippen LogP contribution in [0.5, 0.6) is 0 Å². The Balaban J connectivity index is 1.89. The summed E-state index contributed by atoms with van der Waals surface area (Å²) >= 11 is 7.47.